The molecule has 3 fully saturated rings. The summed E-state index contributed by atoms with van der Waals surface area (Å²) < 4.78 is 51.3. The number of aromatic nitrogens is 3. The molecular formula is C42H40F3N7O5. The summed E-state index contributed by atoms with van der Waals surface area (Å²) in [5.41, 5.74) is 2.20. The van der Waals surface area contributed by atoms with Gasteiger partial charge in [0.2, 0.25) is 11.8 Å². The van der Waals surface area contributed by atoms with E-state index in [1.165, 1.54) is 12.3 Å². The Bertz CT molecular complexity index is 2460. The van der Waals surface area contributed by atoms with Gasteiger partial charge in [0, 0.05) is 85.4 Å². The first-order valence-corrected chi connectivity index (χ1v) is 19.3. The van der Waals surface area contributed by atoms with Crippen LogP contribution in [0.15, 0.2) is 67.1 Å². The molecule has 4 amide bonds. The van der Waals surface area contributed by atoms with Crippen molar-refractivity contribution < 1.29 is 37.1 Å². The molecule has 15 heteroatoms. The van der Waals surface area contributed by atoms with Crippen molar-refractivity contribution in [3.8, 4) is 16.9 Å². The summed E-state index contributed by atoms with van der Waals surface area (Å²) in [7, 11) is 0. The lowest BCUT2D eigenvalue weighted by molar-refractivity contribution is -0.136. The number of carbonyl (C=O) groups is 4. The number of ether oxygens (including phenoxy) is 1. The van der Waals surface area contributed by atoms with Crippen molar-refractivity contribution >= 4 is 51.3 Å². The first-order valence-electron chi connectivity index (χ1n) is 19.3. The second kappa shape index (κ2) is 14.3. The molecule has 0 radical (unpaired) electrons. The van der Waals surface area contributed by atoms with Crippen LogP contribution < -0.4 is 15.0 Å². The van der Waals surface area contributed by atoms with E-state index in [1.807, 2.05) is 4.90 Å². The normalized spacial score (nSPS) is 21.6. The molecule has 6 heterocycles. The predicted molar refractivity (Wildman–Crippen MR) is 204 cm³/mol. The monoisotopic (exact) mass is 779 g/mol. The van der Waals surface area contributed by atoms with Crippen molar-refractivity contribution in [2.45, 2.75) is 89.2 Å². The lowest BCUT2D eigenvalue weighted by Crippen LogP contribution is -2.57. The second-order valence-electron chi connectivity index (χ2n) is 15.6. The first kappa shape index (κ1) is 36.8. The van der Waals surface area contributed by atoms with Crippen molar-refractivity contribution in [3.05, 3.63) is 84.1 Å². The molecular weight excluding hydrogens is 739 g/mol. The Balaban J connectivity index is 0.822. The summed E-state index contributed by atoms with van der Waals surface area (Å²) in [6.45, 7) is 2.83. The zero-order valence-corrected chi connectivity index (χ0v) is 31.3. The Labute approximate surface area is 325 Å². The number of fused-ring (bicyclic) bond motifs is 4. The fraction of sp³-hybridized carbons (Fsp3) is 0.381. The van der Waals surface area contributed by atoms with E-state index < -0.39 is 42.0 Å². The molecule has 3 aliphatic heterocycles. The van der Waals surface area contributed by atoms with Crippen LogP contribution in [-0.2, 0) is 9.59 Å². The molecule has 1 unspecified atom stereocenters. The lowest BCUT2D eigenvalue weighted by Gasteiger charge is -2.50. The van der Waals surface area contributed by atoms with E-state index in [1.54, 1.807) is 54.9 Å². The first-order chi connectivity index (χ1) is 27.5. The summed E-state index contributed by atoms with van der Waals surface area (Å²) in [4.78, 5) is 64.4. The predicted octanol–water partition coefficient (Wildman–Crippen LogP) is 6.48. The Morgan fingerprint density at radius 3 is 2.33 bits per heavy atom. The molecule has 0 bridgehead atoms. The zero-order chi connectivity index (χ0) is 39.7. The Morgan fingerprint density at radius 2 is 1.61 bits per heavy atom. The van der Waals surface area contributed by atoms with Crippen molar-refractivity contribution in [2.24, 2.45) is 0 Å². The van der Waals surface area contributed by atoms with Gasteiger partial charge >= 0.3 is 6.55 Å². The zero-order valence-electron chi connectivity index (χ0n) is 31.3. The van der Waals surface area contributed by atoms with Crippen LogP contribution in [0.5, 0.6) is 5.75 Å². The van der Waals surface area contributed by atoms with Gasteiger partial charge in [0.1, 0.15) is 17.9 Å². The number of amides is 4. The highest BCUT2D eigenvalue weighted by Crippen LogP contribution is 2.39. The number of hydrogen-bond donors (Lipinski definition) is 1. The van der Waals surface area contributed by atoms with Gasteiger partial charge in [-0.25, -0.2) is 9.37 Å². The van der Waals surface area contributed by atoms with Crippen LogP contribution >= 0.6 is 0 Å². The third-order valence-electron chi connectivity index (χ3n) is 11.9. The number of halogens is 3. The van der Waals surface area contributed by atoms with E-state index in [-0.39, 0.29) is 54.0 Å². The van der Waals surface area contributed by atoms with Gasteiger partial charge in [-0.1, -0.05) is 12.1 Å². The fourth-order valence-electron chi connectivity index (χ4n) is 9.21. The number of hydrogen-bond acceptors (Lipinski definition) is 9. The topological polar surface area (TPSA) is 130 Å². The third-order valence-corrected chi connectivity index (χ3v) is 11.9. The van der Waals surface area contributed by atoms with Crippen molar-refractivity contribution in [1.82, 2.24) is 29.7 Å². The van der Waals surface area contributed by atoms with Gasteiger partial charge in [-0.3, -0.25) is 43.8 Å². The lowest BCUT2D eigenvalue weighted by atomic mass is 9.84. The van der Waals surface area contributed by atoms with Gasteiger partial charge < -0.3 is 9.64 Å². The van der Waals surface area contributed by atoms with Crippen molar-refractivity contribution in [3.63, 3.8) is 0 Å². The van der Waals surface area contributed by atoms with E-state index in [0.717, 1.165) is 35.2 Å². The molecule has 294 valence electrons. The molecule has 5 aromatic rings. The molecule has 2 aromatic carbocycles. The number of rotatable bonds is 9. The quantitative estimate of drug-likeness (QED) is 0.167. The van der Waals surface area contributed by atoms with Gasteiger partial charge in [-0.05, 0) is 75.1 Å². The maximum Gasteiger partial charge on any atom is 0.319 e. The van der Waals surface area contributed by atoms with Gasteiger partial charge in [0.25, 0.3) is 11.8 Å². The van der Waals surface area contributed by atoms with E-state index in [9.17, 15) is 28.0 Å². The maximum atomic E-state index is 15.7. The average Bonchev–Trinajstić information content (AvgIpc) is 3.64. The summed E-state index contributed by atoms with van der Waals surface area (Å²) in [5, 5.41) is 3.48. The SMILES string of the molecule is CC(C)N(C1CCN(c2ncc(-c3ccc4c5cnccc5n(C(F)F)c4c3)cc2F)CC1)C1CC(Oc2ccc3c(c2)C(=O)N(C2CCC(=O)NC2=O)C3=O)C1. The molecule has 57 heavy (non-hydrogen) atoms. The van der Waals surface area contributed by atoms with E-state index >= 15 is 4.39 Å². The number of benzene rings is 2. The van der Waals surface area contributed by atoms with Crippen LogP contribution in [-0.4, -0.2) is 91.3 Å². The van der Waals surface area contributed by atoms with E-state index in [0.29, 0.717) is 51.8 Å². The average molecular weight is 780 g/mol. The summed E-state index contributed by atoms with van der Waals surface area (Å²) in [6, 6.07) is 12.8. The number of alkyl halides is 2. The molecule has 9 rings (SSSR count). The highest BCUT2D eigenvalue weighted by molar-refractivity contribution is 6.23. The summed E-state index contributed by atoms with van der Waals surface area (Å²) in [6.07, 6.45) is 7.91. The number of imide groups is 2. The number of nitrogens with one attached hydrogen (secondary N) is 1. The van der Waals surface area contributed by atoms with Crippen LogP contribution in [0.4, 0.5) is 19.0 Å². The van der Waals surface area contributed by atoms with E-state index in [4.69, 9.17) is 4.74 Å². The van der Waals surface area contributed by atoms with Crippen LogP contribution in [0.25, 0.3) is 32.9 Å². The molecule has 12 nitrogen and oxygen atoms in total. The second-order valence-corrected chi connectivity index (χ2v) is 15.6. The number of anilines is 1. The van der Waals surface area contributed by atoms with Gasteiger partial charge in [-0.2, -0.15) is 8.78 Å². The standard InChI is InChI=1S/C42H40F3N7O5/c1-22(2)50(26-17-28(18-26)57-27-4-6-30-31(19-27)41(56)52(40(30)55)35-7-8-37(53)48-39(35)54)25-10-13-49(14-11-25)38-33(43)15-24(20-47-38)23-3-5-29-32-21-46-12-9-34(32)51(42(44)45)36(29)16-23/h3-6,9,12,15-16,19-22,25-26,28,35,42H,7-8,10-11,13-14,17-18H2,1-2H3,(H,48,53,54). The molecule has 1 N–H and O–H groups in total. The highest BCUT2D eigenvalue weighted by atomic mass is 19.3. The van der Waals surface area contributed by atoms with Crippen LogP contribution in [0.2, 0.25) is 0 Å². The summed E-state index contributed by atoms with van der Waals surface area (Å²) in [5.74, 6) is -1.92. The van der Waals surface area contributed by atoms with Gasteiger partial charge in [0.05, 0.1) is 22.2 Å². The number of carbonyl (C=O) groups excluding carboxylic acids is 4. The molecule has 4 aliphatic rings. The minimum absolute atomic E-state index is 0.0540. The molecule has 2 saturated heterocycles. The summed E-state index contributed by atoms with van der Waals surface area (Å²) >= 11 is 0. The molecule has 1 aliphatic carbocycles. The minimum atomic E-state index is -2.76. The minimum Gasteiger partial charge on any atom is -0.490 e. The van der Waals surface area contributed by atoms with Crippen molar-refractivity contribution in [2.75, 3.05) is 18.0 Å². The number of piperidine rings is 2. The largest absolute Gasteiger partial charge is 0.490 e. The molecule has 3 aromatic heterocycles. The van der Waals surface area contributed by atoms with E-state index in [2.05, 4.69) is 34.0 Å². The smallest absolute Gasteiger partial charge is 0.319 e. The van der Waals surface area contributed by atoms with Gasteiger partial charge in [0.15, 0.2) is 11.6 Å². The molecule has 1 atom stereocenters. The van der Waals surface area contributed by atoms with Crippen molar-refractivity contribution in [1.29, 1.82) is 0 Å². The van der Waals surface area contributed by atoms with Gasteiger partial charge in [-0.15, -0.1) is 0 Å². The number of pyridine rings is 2. The third kappa shape index (κ3) is 6.37. The Hall–Kier alpha value is -5.83. The number of nitrogens with zero attached hydrogens (tertiary/aromatic N) is 6. The fourth-order valence-corrected chi connectivity index (χ4v) is 9.21. The Morgan fingerprint density at radius 1 is 0.842 bits per heavy atom. The van der Waals surface area contributed by atoms with Crippen LogP contribution in [0, 0.1) is 5.82 Å². The van der Waals surface area contributed by atoms with Crippen LogP contribution in [0.1, 0.15) is 79.6 Å². The van der Waals surface area contributed by atoms with Crippen LogP contribution in [0.3, 0.4) is 0 Å². The molecule has 0 spiro atoms. The maximum absolute atomic E-state index is 15.7. The molecule has 1 saturated carbocycles. The Kier molecular flexibility index (Phi) is 9.21. The highest BCUT2D eigenvalue weighted by Gasteiger charge is 2.45.